The van der Waals surface area contributed by atoms with Crippen molar-refractivity contribution < 1.29 is 28.9 Å². The van der Waals surface area contributed by atoms with E-state index in [-0.39, 0.29) is 11.3 Å². The van der Waals surface area contributed by atoms with Crippen LogP contribution >= 0.6 is 11.3 Å². The number of aryl methyl sites for hydroxylation is 2. The minimum absolute atomic E-state index is 0.0668. The van der Waals surface area contributed by atoms with Crippen molar-refractivity contribution in [2.75, 3.05) is 25.7 Å². The third kappa shape index (κ3) is 4.59. The number of hydrogen-bond acceptors (Lipinski definition) is 8. The van der Waals surface area contributed by atoms with Gasteiger partial charge in [-0.05, 0) is 80.4 Å². The molecule has 1 amide bonds. The summed E-state index contributed by atoms with van der Waals surface area (Å²) in [5.41, 5.74) is 3.58. The molecule has 8 nitrogen and oxygen atoms in total. The first-order chi connectivity index (χ1) is 18.8. The predicted molar refractivity (Wildman–Crippen MR) is 151 cm³/mol. The number of aliphatic hydroxyl groups is 1. The topological polar surface area (TPSA) is 98.2 Å². The number of fused-ring (bicyclic) bond motifs is 1. The van der Waals surface area contributed by atoms with Gasteiger partial charge in [-0.2, -0.15) is 0 Å². The fourth-order valence-corrected chi connectivity index (χ4v) is 6.04. The van der Waals surface area contributed by atoms with Gasteiger partial charge in [0.2, 0.25) is 0 Å². The van der Waals surface area contributed by atoms with Crippen molar-refractivity contribution in [2.45, 2.75) is 26.8 Å². The molecule has 0 unspecified atom stereocenters. The van der Waals surface area contributed by atoms with Crippen LogP contribution in [-0.4, -0.2) is 42.6 Å². The SMILES string of the molecule is CCOc1ccc(C(O)=C2C(=O)C(=O)N(c3nc4c(C)cc(C)cc4s3)[C@@H]2c2cc(OC)ccc2OC)cc1. The highest BCUT2D eigenvalue weighted by Gasteiger charge is 2.49. The van der Waals surface area contributed by atoms with Gasteiger partial charge in [0.1, 0.15) is 29.0 Å². The number of carbonyl (C=O) groups is 2. The first kappa shape index (κ1) is 26.2. The van der Waals surface area contributed by atoms with Crippen molar-refractivity contribution in [3.05, 3.63) is 82.4 Å². The second kappa shape index (κ2) is 10.4. The largest absolute Gasteiger partial charge is 0.507 e. The number of ketones is 1. The van der Waals surface area contributed by atoms with Crippen LogP contribution in [0.2, 0.25) is 0 Å². The Bertz CT molecular complexity index is 1620. The van der Waals surface area contributed by atoms with Crippen molar-refractivity contribution in [1.82, 2.24) is 4.98 Å². The van der Waals surface area contributed by atoms with Gasteiger partial charge in [-0.3, -0.25) is 14.5 Å². The van der Waals surface area contributed by atoms with Gasteiger partial charge in [-0.1, -0.05) is 17.4 Å². The number of benzene rings is 3. The second-order valence-corrected chi connectivity index (χ2v) is 10.2. The highest BCUT2D eigenvalue weighted by Crippen LogP contribution is 2.47. The number of thiazole rings is 1. The van der Waals surface area contributed by atoms with Crippen LogP contribution in [0.25, 0.3) is 16.0 Å². The summed E-state index contributed by atoms with van der Waals surface area (Å²) >= 11 is 1.32. The lowest BCUT2D eigenvalue weighted by atomic mass is 9.94. The molecule has 1 aromatic heterocycles. The van der Waals surface area contributed by atoms with Crippen molar-refractivity contribution in [2.24, 2.45) is 0 Å². The van der Waals surface area contributed by atoms with Crippen LogP contribution in [0.5, 0.6) is 17.2 Å². The maximum Gasteiger partial charge on any atom is 0.301 e. The molecule has 0 bridgehead atoms. The predicted octanol–water partition coefficient (Wildman–Crippen LogP) is 5.96. The summed E-state index contributed by atoms with van der Waals surface area (Å²) in [4.78, 5) is 33.4. The number of methoxy groups -OCH3 is 2. The molecule has 1 saturated heterocycles. The fourth-order valence-electron chi connectivity index (χ4n) is 4.87. The Morgan fingerprint density at radius 3 is 2.38 bits per heavy atom. The van der Waals surface area contributed by atoms with Gasteiger partial charge in [-0.15, -0.1) is 0 Å². The molecule has 9 heteroatoms. The van der Waals surface area contributed by atoms with Gasteiger partial charge in [0.05, 0.1) is 36.6 Å². The molecule has 3 aromatic carbocycles. The molecule has 39 heavy (non-hydrogen) atoms. The van der Waals surface area contributed by atoms with E-state index >= 15 is 0 Å². The fraction of sp³-hybridized carbons (Fsp3) is 0.233. The first-order valence-corrected chi connectivity index (χ1v) is 13.2. The Labute approximate surface area is 230 Å². The van der Waals surface area contributed by atoms with Crippen LogP contribution in [0.15, 0.2) is 60.2 Å². The van der Waals surface area contributed by atoms with Gasteiger partial charge >= 0.3 is 5.91 Å². The number of amides is 1. The Kier molecular flexibility index (Phi) is 7.01. The van der Waals surface area contributed by atoms with Crippen LogP contribution in [0.1, 0.15) is 35.2 Å². The molecule has 0 spiro atoms. The maximum atomic E-state index is 13.7. The standard InChI is InChI=1S/C30H28N2O6S/c1-6-38-19-9-7-18(8-10-19)27(33)24-26(21-15-20(36-4)11-12-22(21)37-5)32(29(35)28(24)34)30-31-25-17(3)13-16(2)14-23(25)39-30/h7-15,26,33H,6H2,1-5H3/t26-/m1/s1. The minimum atomic E-state index is -1.01. The Hall–Kier alpha value is -4.37. The normalized spacial score (nSPS) is 16.6. The molecular formula is C30H28N2O6S. The number of rotatable bonds is 7. The van der Waals surface area contributed by atoms with E-state index < -0.39 is 17.7 Å². The Morgan fingerprint density at radius 2 is 1.72 bits per heavy atom. The zero-order valence-electron chi connectivity index (χ0n) is 22.3. The minimum Gasteiger partial charge on any atom is -0.507 e. The van der Waals surface area contributed by atoms with Gasteiger partial charge in [0.25, 0.3) is 5.78 Å². The highest BCUT2D eigenvalue weighted by atomic mass is 32.1. The lowest BCUT2D eigenvalue weighted by Crippen LogP contribution is -2.29. The second-order valence-electron chi connectivity index (χ2n) is 9.16. The molecule has 1 atom stereocenters. The van der Waals surface area contributed by atoms with E-state index in [1.807, 2.05) is 32.9 Å². The van der Waals surface area contributed by atoms with Crippen molar-refractivity contribution in [1.29, 1.82) is 0 Å². The summed E-state index contributed by atoms with van der Waals surface area (Å²) in [5.74, 6) is -0.344. The lowest BCUT2D eigenvalue weighted by molar-refractivity contribution is -0.132. The third-order valence-corrected chi connectivity index (χ3v) is 7.64. The Morgan fingerprint density at radius 1 is 1.00 bits per heavy atom. The smallest absolute Gasteiger partial charge is 0.301 e. The third-order valence-electron chi connectivity index (χ3n) is 6.64. The summed E-state index contributed by atoms with van der Waals surface area (Å²) in [7, 11) is 3.04. The summed E-state index contributed by atoms with van der Waals surface area (Å²) in [5, 5.41) is 11.8. The molecule has 1 aliphatic heterocycles. The van der Waals surface area contributed by atoms with Crippen LogP contribution in [0.4, 0.5) is 5.13 Å². The summed E-state index contributed by atoms with van der Waals surface area (Å²) in [6, 6.07) is 14.9. The summed E-state index contributed by atoms with van der Waals surface area (Å²) in [6.45, 7) is 6.33. The number of Topliss-reactive ketones (excluding diaryl/α,β-unsaturated/α-hetero) is 1. The average molecular weight is 545 g/mol. The van der Waals surface area contributed by atoms with E-state index in [1.54, 1.807) is 42.5 Å². The van der Waals surface area contributed by atoms with Crippen LogP contribution in [0.3, 0.4) is 0 Å². The molecular weight excluding hydrogens is 516 g/mol. The van der Waals surface area contributed by atoms with Crippen LogP contribution in [0, 0.1) is 13.8 Å². The molecule has 0 aliphatic carbocycles. The van der Waals surface area contributed by atoms with Gasteiger partial charge in [0, 0.05) is 11.1 Å². The number of anilines is 1. The maximum absolute atomic E-state index is 13.7. The summed E-state index contributed by atoms with van der Waals surface area (Å²) in [6.07, 6.45) is 0. The number of ether oxygens (including phenoxy) is 3. The van der Waals surface area contributed by atoms with E-state index in [9.17, 15) is 14.7 Å². The van der Waals surface area contributed by atoms with E-state index in [0.717, 1.165) is 21.3 Å². The molecule has 0 saturated carbocycles. The van der Waals surface area contributed by atoms with Gasteiger partial charge < -0.3 is 19.3 Å². The van der Waals surface area contributed by atoms with E-state index in [4.69, 9.17) is 19.2 Å². The molecule has 200 valence electrons. The molecule has 1 aliphatic rings. The first-order valence-electron chi connectivity index (χ1n) is 12.4. The van der Waals surface area contributed by atoms with Crippen molar-refractivity contribution in [3.8, 4) is 17.2 Å². The monoisotopic (exact) mass is 544 g/mol. The van der Waals surface area contributed by atoms with Gasteiger partial charge in [0.15, 0.2) is 5.13 Å². The lowest BCUT2D eigenvalue weighted by Gasteiger charge is -2.25. The number of aromatic nitrogens is 1. The molecule has 1 N–H and O–H groups in total. The van der Waals surface area contributed by atoms with Crippen molar-refractivity contribution >= 4 is 44.1 Å². The summed E-state index contributed by atoms with van der Waals surface area (Å²) < 4.78 is 17.5. The zero-order valence-corrected chi connectivity index (χ0v) is 23.1. The Balaban J connectivity index is 1.76. The van der Waals surface area contributed by atoms with Gasteiger partial charge in [-0.25, -0.2) is 4.98 Å². The average Bonchev–Trinajstić information content (AvgIpc) is 3.46. The molecule has 1 fully saturated rings. The number of nitrogens with zero attached hydrogens (tertiary/aromatic N) is 2. The molecule has 4 aromatic rings. The molecule has 0 radical (unpaired) electrons. The zero-order chi connectivity index (χ0) is 27.8. The number of aliphatic hydroxyl groups excluding tert-OH is 1. The van der Waals surface area contributed by atoms with E-state index in [2.05, 4.69) is 0 Å². The molecule has 5 rings (SSSR count). The number of hydrogen-bond donors (Lipinski definition) is 1. The van der Waals surface area contributed by atoms with Crippen molar-refractivity contribution in [3.63, 3.8) is 0 Å². The van der Waals surface area contributed by atoms with E-state index in [0.29, 0.717) is 40.1 Å². The number of carbonyl (C=O) groups excluding carboxylic acids is 2. The van der Waals surface area contributed by atoms with Crippen LogP contribution < -0.4 is 19.1 Å². The quantitative estimate of drug-likeness (QED) is 0.174. The van der Waals surface area contributed by atoms with Crippen LogP contribution in [-0.2, 0) is 9.59 Å². The molecule has 2 heterocycles. The van der Waals surface area contributed by atoms with E-state index in [1.165, 1.54) is 30.5 Å². The highest BCUT2D eigenvalue weighted by molar-refractivity contribution is 7.22.